The van der Waals surface area contributed by atoms with Gasteiger partial charge in [-0.1, -0.05) is 68.1 Å². The molecule has 3 aromatic rings. The molecule has 31 heavy (non-hydrogen) atoms. The van der Waals surface area contributed by atoms with Gasteiger partial charge in [0.15, 0.2) is 6.61 Å². The van der Waals surface area contributed by atoms with E-state index in [9.17, 15) is 4.79 Å². The standard InChI is InChI=1S/C23H19BrCl2N2O3/c1-15-2-7-20(8-3-15)28-23(29)14-31-27-12-17-10-18(24)5-9-22(17)30-13-16-4-6-19(25)11-21(16)26/h2-12H,13-14H2,1H3,(H,28,29)/b27-12+. The summed E-state index contributed by atoms with van der Waals surface area (Å²) in [7, 11) is 0. The van der Waals surface area contributed by atoms with Crippen LogP contribution in [0, 0.1) is 6.92 Å². The number of oxime groups is 1. The summed E-state index contributed by atoms with van der Waals surface area (Å²) in [6.07, 6.45) is 1.49. The zero-order valence-electron chi connectivity index (χ0n) is 16.6. The minimum absolute atomic E-state index is 0.213. The van der Waals surface area contributed by atoms with Crippen LogP contribution in [0.15, 0.2) is 70.3 Å². The van der Waals surface area contributed by atoms with E-state index < -0.39 is 0 Å². The lowest BCUT2D eigenvalue weighted by atomic mass is 10.2. The number of hydrogen-bond donors (Lipinski definition) is 1. The van der Waals surface area contributed by atoms with Gasteiger partial charge in [-0.05, 0) is 49.4 Å². The van der Waals surface area contributed by atoms with Crippen LogP contribution in [0.5, 0.6) is 5.75 Å². The highest BCUT2D eigenvalue weighted by Gasteiger charge is 2.07. The van der Waals surface area contributed by atoms with Gasteiger partial charge in [-0.15, -0.1) is 0 Å². The summed E-state index contributed by atoms with van der Waals surface area (Å²) in [5.74, 6) is 0.287. The molecule has 0 aliphatic rings. The van der Waals surface area contributed by atoms with E-state index in [0.29, 0.717) is 27.0 Å². The van der Waals surface area contributed by atoms with Gasteiger partial charge in [0.1, 0.15) is 12.4 Å². The number of carbonyl (C=O) groups excluding carboxylic acids is 1. The second kappa shape index (κ2) is 11.2. The Bertz CT molecular complexity index is 1090. The van der Waals surface area contributed by atoms with Crippen molar-refractivity contribution in [2.75, 3.05) is 11.9 Å². The molecule has 0 atom stereocenters. The lowest BCUT2D eigenvalue weighted by Gasteiger charge is -2.11. The van der Waals surface area contributed by atoms with Crippen LogP contribution in [0.25, 0.3) is 0 Å². The second-order valence-corrected chi connectivity index (χ2v) is 8.39. The molecule has 0 bridgehead atoms. The van der Waals surface area contributed by atoms with E-state index >= 15 is 0 Å². The summed E-state index contributed by atoms with van der Waals surface area (Å²) >= 11 is 15.6. The average Bonchev–Trinajstić information content (AvgIpc) is 2.73. The predicted molar refractivity (Wildman–Crippen MR) is 128 cm³/mol. The van der Waals surface area contributed by atoms with E-state index in [2.05, 4.69) is 26.4 Å². The normalized spacial score (nSPS) is 10.8. The number of nitrogens with zero attached hydrogens (tertiary/aromatic N) is 1. The monoisotopic (exact) mass is 520 g/mol. The molecule has 0 aliphatic carbocycles. The molecule has 160 valence electrons. The summed E-state index contributed by atoms with van der Waals surface area (Å²) in [5, 5.41) is 7.73. The molecule has 0 saturated heterocycles. The van der Waals surface area contributed by atoms with Gasteiger partial charge in [-0.3, -0.25) is 4.79 Å². The van der Waals surface area contributed by atoms with Crippen LogP contribution in [-0.2, 0) is 16.2 Å². The van der Waals surface area contributed by atoms with E-state index in [1.54, 1.807) is 18.2 Å². The Morgan fingerprint density at radius 3 is 2.61 bits per heavy atom. The lowest BCUT2D eigenvalue weighted by molar-refractivity contribution is -0.120. The Labute approximate surface area is 199 Å². The van der Waals surface area contributed by atoms with Crippen LogP contribution >= 0.6 is 39.1 Å². The minimum atomic E-state index is -0.302. The largest absolute Gasteiger partial charge is 0.488 e. The van der Waals surface area contributed by atoms with Crippen molar-refractivity contribution in [1.29, 1.82) is 0 Å². The molecule has 3 rings (SSSR count). The first-order chi connectivity index (χ1) is 14.9. The highest BCUT2D eigenvalue weighted by atomic mass is 79.9. The van der Waals surface area contributed by atoms with Crippen molar-refractivity contribution in [2.45, 2.75) is 13.5 Å². The molecule has 0 radical (unpaired) electrons. The number of hydrogen-bond acceptors (Lipinski definition) is 4. The van der Waals surface area contributed by atoms with Crippen molar-refractivity contribution in [3.05, 3.63) is 91.9 Å². The predicted octanol–water partition coefficient (Wildman–Crippen LogP) is 6.63. The maximum atomic E-state index is 12.0. The third-order valence-corrected chi connectivity index (χ3v) is 5.25. The van der Waals surface area contributed by atoms with Crippen molar-refractivity contribution in [2.24, 2.45) is 5.16 Å². The summed E-state index contributed by atoms with van der Waals surface area (Å²) in [5.41, 5.74) is 3.30. The summed E-state index contributed by atoms with van der Waals surface area (Å²) in [6.45, 7) is 2.03. The van der Waals surface area contributed by atoms with Gasteiger partial charge in [-0.25, -0.2) is 0 Å². The van der Waals surface area contributed by atoms with Crippen molar-refractivity contribution in [3.63, 3.8) is 0 Å². The van der Waals surface area contributed by atoms with E-state index in [0.717, 1.165) is 15.6 Å². The number of amides is 1. The number of nitrogens with one attached hydrogen (secondary N) is 1. The van der Waals surface area contributed by atoms with E-state index in [1.807, 2.05) is 49.4 Å². The first-order valence-electron chi connectivity index (χ1n) is 9.29. The van der Waals surface area contributed by atoms with Gasteiger partial charge < -0.3 is 14.9 Å². The quantitative estimate of drug-likeness (QED) is 0.267. The maximum Gasteiger partial charge on any atom is 0.265 e. The van der Waals surface area contributed by atoms with Crippen LogP contribution in [-0.4, -0.2) is 18.7 Å². The van der Waals surface area contributed by atoms with Crippen molar-refractivity contribution >= 4 is 56.9 Å². The Balaban J connectivity index is 1.57. The fraction of sp³-hybridized carbons (Fsp3) is 0.130. The molecule has 0 saturated carbocycles. The molecule has 1 N–H and O–H groups in total. The maximum absolute atomic E-state index is 12.0. The Kier molecular flexibility index (Phi) is 8.35. The van der Waals surface area contributed by atoms with Crippen LogP contribution in [0.3, 0.4) is 0 Å². The topological polar surface area (TPSA) is 59.9 Å². The molecule has 0 unspecified atom stereocenters. The third kappa shape index (κ3) is 7.28. The molecule has 0 aromatic heterocycles. The van der Waals surface area contributed by atoms with Crippen LogP contribution < -0.4 is 10.1 Å². The Hall–Kier alpha value is -2.54. The Morgan fingerprint density at radius 1 is 1.10 bits per heavy atom. The molecule has 1 amide bonds. The number of rotatable bonds is 8. The van der Waals surface area contributed by atoms with Crippen molar-refractivity contribution in [3.8, 4) is 5.75 Å². The van der Waals surface area contributed by atoms with Crippen molar-refractivity contribution < 1.29 is 14.4 Å². The summed E-state index contributed by atoms with van der Waals surface area (Å²) in [6, 6.07) is 18.2. The number of ether oxygens (including phenoxy) is 1. The van der Waals surface area contributed by atoms with Crippen LogP contribution in [0.2, 0.25) is 10.0 Å². The lowest BCUT2D eigenvalue weighted by Crippen LogP contribution is -2.16. The highest BCUT2D eigenvalue weighted by molar-refractivity contribution is 9.10. The zero-order valence-corrected chi connectivity index (χ0v) is 19.7. The number of carbonyl (C=O) groups is 1. The second-order valence-electron chi connectivity index (χ2n) is 6.63. The molecule has 5 nitrogen and oxygen atoms in total. The molecular formula is C23H19BrCl2N2O3. The fourth-order valence-electron chi connectivity index (χ4n) is 2.57. The van der Waals surface area contributed by atoms with E-state index in [1.165, 1.54) is 6.21 Å². The number of anilines is 1. The summed E-state index contributed by atoms with van der Waals surface area (Å²) < 4.78 is 6.74. The van der Waals surface area contributed by atoms with Gasteiger partial charge >= 0.3 is 0 Å². The smallest absolute Gasteiger partial charge is 0.265 e. The SMILES string of the molecule is Cc1ccc(NC(=O)CO/N=C/c2cc(Br)ccc2OCc2ccc(Cl)cc2Cl)cc1. The average molecular weight is 522 g/mol. The summed E-state index contributed by atoms with van der Waals surface area (Å²) in [4.78, 5) is 17.1. The van der Waals surface area contributed by atoms with Gasteiger partial charge in [0, 0.05) is 31.3 Å². The molecule has 8 heteroatoms. The zero-order chi connectivity index (χ0) is 22.2. The molecule has 3 aromatic carbocycles. The van der Waals surface area contributed by atoms with E-state index in [4.69, 9.17) is 32.8 Å². The van der Waals surface area contributed by atoms with Gasteiger partial charge in [0.2, 0.25) is 0 Å². The van der Waals surface area contributed by atoms with Gasteiger partial charge in [-0.2, -0.15) is 0 Å². The number of halogens is 3. The first kappa shape index (κ1) is 23.1. The van der Waals surface area contributed by atoms with Crippen LogP contribution in [0.1, 0.15) is 16.7 Å². The third-order valence-electron chi connectivity index (χ3n) is 4.17. The minimum Gasteiger partial charge on any atom is -0.488 e. The van der Waals surface area contributed by atoms with Gasteiger partial charge in [0.05, 0.1) is 6.21 Å². The van der Waals surface area contributed by atoms with Crippen molar-refractivity contribution in [1.82, 2.24) is 0 Å². The molecule has 0 spiro atoms. The molecule has 0 fully saturated rings. The molecular weight excluding hydrogens is 503 g/mol. The van der Waals surface area contributed by atoms with Crippen LogP contribution in [0.4, 0.5) is 5.69 Å². The Morgan fingerprint density at radius 2 is 1.87 bits per heavy atom. The van der Waals surface area contributed by atoms with Gasteiger partial charge in [0.25, 0.3) is 5.91 Å². The highest BCUT2D eigenvalue weighted by Crippen LogP contribution is 2.26. The fourth-order valence-corrected chi connectivity index (χ4v) is 3.41. The van der Waals surface area contributed by atoms with E-state index in [-0.39, 0.29) is 19.1 Å². The number of aryl methyl sites for hydroxylation is 1. The number of benzene rings is 3. The first-order valence-corrected chi connectivity index (χ1v) is 10.8. The molecule has 0 aliphatic heterocycles. The molecule has 0 heterocycles.